The van der Waals surface area contributed by atoms with Crippen molar-refractivity contribution < 1.29 is 13.5 Å². The van der Waals surface area contributed by atoms with Gasteiger partial charge in [-0.05, 0) is 26.0 Å². The molecule has 3 heteroatoms. The molecule has 0 aliphatic rings. The monoisotopic (exact) mass is 208 g/mol. The number of rotatable bonds is 3. The number of fused-ring (bicyclic) bond motifs is 1. The Labute approximate surface area is 87.6 Å². The fourth-order valence-electron chi connectivity index (χ4n) is 1.47. The number of halogens is 1. The molecule has 0 bridgehead atoms. The topological polar surface area (TPSA) is 22.4 Å². The number of hydrogen-bond acceptors (Lipinski definition) is 2. The van der Waals surface area contributed by atoms with Crippen LogP contribution in [0.15, 0.2) is 28.9 Å². The van der Waals surface area contributed by atoms with Gasteiger partial charge in [0.25, 0.3) is 0 Å². The summed E-state index contributed by atoms with van der Waals surface area (Å²) in [5.74, 6) is -0.261. The Morgan fingerprint density at radius 2 is 2.20 bits per heavy atom. The van der Waals surface area contributed by atoms with E-state index >= 15 is 0 Å². The molecule has 1 heterocycles. The molecule has 0 saturated carbocycles. The Hall–Kier alpha value is -1.35. The van der Waals surface area contributed by atoms with E-state index in [-0.39, 0.29) is 11.9 Å². The molecule has 0 N–H and O–H groups in total. The van der Waals surface area contributed by atoms with Crippen LogP contribution in [0.2, 0.25) is 0 Å². The summed E-state index contributed by atoms with van der Waals surface area (Å²) < 4.78 is 24.2. The van der Waals surface area contributed by atoms with E-state index in [2.05, 4.69) is 0 Å². The van der Waals surface area contributed by atoms with Gasteiger partial charge in [0.1, 0.15) is 11.4 Å². The molecule has 0 aliphatic heterocycles. The molecule has 0 amide bonds. The fraction of sp³-hybridized carbons (Fsp3) is 0.333. The highest BCUT2D eigenvalue weighted by Crippen LogP contribution is 2.24. The lowest BCUT2D eigenvalue weighted by atomic mass is 10.2. The van der Waals surface area contributed by atoms with Gasteiger partial charge in [-0.15, -0.1) is 0 Å². The first-order valence-corrected chi connectivity index (χ1v) is 4.94. The average molecular weight is 208 g/mol. The van der Waals surface area contributed by atoms with Gasteiger partial charge in [0, 0.05) is 5.56 Å². The lowest BCUT2D eigenvalue weighted by molar-refractivity contribution is 0.0659. The number of hydrogen-bond donors (Lipinski definition) is 0. The summed E-state index contributed by atoms with van der Waals surface area (Å²) in [6, 6.07) is 4.81. The van der Waals surface area contributed by atoms with E-state index < -0.39 is 0 Å². The second-order valence-corrected chi connectivity index (χ2v) is 3.73. The normalized spacial score (nSPS) is 11.5. The highest BCUT2D eigenvalue weighted by atomic mass is 19.1. The third-order valence-electron chi connectivity index (χ3n) is 2.20. The van der Waals surface area contributed by atoms with Crippen LogP contribution in [-0.4, -0.2) is 6.10 Å². The van der Waals surface area contributed by atoms with Gasteiger partial charge in [0.2, 0.25) is 0 Å². The zero-order valence-corrected chi connectivity index (χ0v) is 8.79. The zero-order valence-electron chi connectivity index (χ0n) is 8.79. The summed E-state index contributed by atoms with van der Waals surface area (Å²) in [5.41, 5.74) is 1.33. The van der Waals surface area contributed by atoms with Gasteiger partial charge < -0.3 is 9.15 Å². The molecule has 0 atom stereocenters. The molecule has 0 fully saturated rings. The van der Waals surface area contributed by atoms with Crippen LogP contribution in [0.5, 0.6) is 0 Å². The first kappa shape index (κ1) is 10.2. The van der Waals surface area contributed by atoms with E-state index in [4.69, 9.17) is 9.15 Å². The Bertz CT molecular complexity index is 460. The lowest BCUT2D eigenvalue weighted by Gasteiger charge is -2.05. The second-order valence-electron chi connectivity index (χ2n) is 3.73. The summed E-state index contributed by atoms with van der Waals surface area (Å²) >= 11 is 0. The predicted molar refractivity (Wildman–Crippen MR) is 56.1 cm³/mol. The first-order valence-electron chi connectivity index (χ1n) is 4.94. The van der Waals surface area contributed by atoms with Gasteiger partial charge in [-0.25, -0.2) is 4.39 Å². The zero-order chi connectivity index (χ0) is 10.8. The third kappa shape index (κ3) is 2.02. The highest BCUT2D eigenvalue weighted by molar-refractivity contribution is 5.81. The van der Waals surface area contributed by atoms with Gasteiger partial charge in [-0.3, -0.25) is 0 Å². The van der Waals surface area contributed by atoms with Gasteiger partial charge in [0.05, 0.1) is 24.4 Å². The maximum absolute atomic E-state index is 13.5. The number of ether oxygens (including phenoxy) is 1. The minimum atomic E-state index is -0.261. The van der Waals surface area contributed by atoms with Crippen molar-refractivity contribution in [1.29, 1.82) is 0 Å². The minimum absolute atomic E-state index is 0.127. The molecule has 2 rings (SSSR count). The van der Waals surface area contributed by atoms with Crippen LogP contribution in [0.3, 0.4) is 0 Å². The Balaban J connectivity index is 2.35. The summed E-state index contributed by atoms with van der Waals surface area (Å²) in [6.45, 7) is 4.27. The Kier molecular flexibility index (Phi) is 2.73. The molecule has 80 valence electrons. The largest absolute Gasteiger partial charge is 0.464 e. The van der Waals surface area contributed by atoms with E-state index in [0.717, 1.165) is 5.56 Å². The lowest BCUT2D eigenvalue weighted by Crippen LogP contribution is -2.01. The molecule has 0 spiro atoms. The number of benzene rings is 1. The molecule has 2 aromatic rings. The van der Waals surface area contributed by atoms with E-state index in [1.807, 2.05) is 13.8 Å². The van der Waals surface area contributed by atoms with Crippen molar-refractivity contribution in [3.63, 3.8) is 0 Å². The van der Waals surface area contributed by atoms with Crippen molar-refractivity contribution in [2.45, 2.75) is 26.6 Å². The minimum Gasteiger partial charge on any atom is -0.464 e. The van der Waals surface area contributed by atoms with Crippen molar-refractivity contribution in [2.24, 2.45) is 0 Å². The molecule has 0 aliphatic carbocycles. The van der Waals surface area contributed by atoms with Crippen LogP contribution >= 0.6 is 0 Å². The van der Waals surface area contributed by atoms with Crippen molar-refractivity contribution in [1.82, 2.24) is 0 Å². The fourth-order valence-corrected chi connectivity index (χ4v) is 1.47. The van der Waals surface area contributed by atoms with E-state index in [1.54, 1.807) is 18.4 Å². The van der Waals surface area contributed by atoms with E-state index in [9.17, 15) is 4.39 Å². The van der Waals surface area contributed by atoms with Gasteiger partial charge in [0.15, 0.2) is 0 Å². The van der Waals surface area contributed by atoms with Crippen LogP contribution in [0.4, 0.5) is 4.39 Å². The number of furan rings is 1. The maximum Gasteiger partial charge on any atom is 0.137 e. The predicted octanol–water partition coefficient (Wildman–Crippen LogP) is 3.50. The SMILES string of the molecule is CC(C)OCc1coc2cccc(F)c12. The summed E-state index contributed by atoms with van der Waals surface area (Å²) in [4.78, 5) is 0. The molecule has 1 aromatic carbocycles. The quantitative estimate of drug-likeness (QED) is 0.770. The first-order chi connectivity index (χ1) is 7.18. The molecule has 1 aromatic heterocycles. The average Bonchev–Trinajstić information content (AvgIpc) is 2.59. The molecule has 15 heavy (non-hydrogen) atoms. The van der Waals surface area contributed by atoms with Crippen molar-refractivity contribution in [3.8, 4) is 0 Å². The maximum atomic E-state index is 13.5. The molecule has 0 radical (unpaired) electrons. The van der Waals surface area contributed by atoms with Crippen LogP contribution in [0.1, 0.15) is 19.4 Å². The molecular formula is C12H13FO2. The van der Waals surface area contributed by atoms with Crippen LogP contribution < -0.4 is 0 Å². The summed E-state index contributed by atoms with van der Waals surface area (Å²) in [5, 5.41) is 0.526. The van der Waals surface area contributed by atoms with Crippen LogP contribution in [0, 0.1) is 5.82 Å². The third-order valence-corrected chi connectivity index (χ3v) is 2.20. The standard InChI is InChI=1S/C12H13FO2/c1-8(2)14-6-9-7-15-11-5-3-4-10(13)12(9)11/h3-5,7-8H,6H2,1-2H3. The van der Waals surface area contributed by atoms with Gasteiger partial charge >= 0.3 is 0 Å². The molecular weight excluding hydrogens is 195 g/mol. The van der Waals surface area contributed by atoms with Crippen molar-refractivity contribution in [2.75, 3.05) is 0 Å². The smallest absolute Gasteiger partial charge is 0.137 e. The molecule has 0 unspecified atom stereocenters. The van der Waals surface area contributed by atoms with Crippen LogP contribution in [0.25, 0.3) is 11.0 Å². The van der Waals surface area contributed by atoms with E-state index in [1.165, 1.54) is 6.07 Å². The molecule has 0 saturated heterocycles. The van der Waals surface area contributed by atoms with E-state index in [0.29, 0.717) is 17.6 Å². The highest BCUT2D eigenvalue weighted by Gasteiger charge is 2.10. The van der Waals surface area contributed by atoms with Gasteiger partial charge in [-0.1, -0.05) is 6.07 Å². The van der Waals surface area contributed by atoms with Crippen molar-refractivity contribution >= 4 is 11.0 Å². The van der Waals surface area contributed by atoms with Gasteiger partial charge in [-0.2, -0.15) is 0 Å². The summed E-state index contributed by atoms with van der Waals surface area (Å²) in [6.07, 6.45) is 1.68. The summed E-state index contributed by atoms with van der Waals surface area (Å²) in [7, 11) is 0. The Morgan fingerprint density at radius 1 is 1.40 bits per heavy atom. The second kappa shape index (κ2) is 4.03. The molecule has 2 nitrogen and oxygen atoms in total. The Morgan fingerprint density at radius 3 is 2.93 bits per heavy atom. The van der Waals surface area contributed by atoms with Crippen molar-refractivity contribution in [3.05, 3.63) is 35.8 Å². The van der Waals surface area contributed by atoms with Crippen LogP contribution in [-0.2, 0) is 11.3 Å².